The van der Waals surface area contributed by atoms with Crippen LogP contribution in [-0.2, 0) is 9.53 Å². The molecule has 1 heterocycles. The lowest BCUT2D eigenvalue weighted by Gasteiger charge is -2.45. The van der Waals surface area contributed by atoms with Gasteiger partial charge in [0.1, 0.15) is 0 Å². The van der Waals surface area contributed by atoms with E-state index >= 15 is 0 Å². The molecule has 3 unspecified atom stereocenters. The second kappa shape index (κ2) is 7.43. The molecule has 0 radical (unpaired) electrons. The van der Waals surface area contributed by atoms with Crippen molar-refractivity contribution in [3.63, 3.8) is 0 Å². The van der Waals surface area contributed by atoms with Crippen molar-refractivity contribution in [2.24, 2.45) is 5.73 Å². The molecule has 3 atom stereocenters. The van der Waals surface area contributed by atoms with Crippen LogP contribution in [0.25, 0.3) is 0 Å². The van der Waals surface area contributed by atoms with Gasteiger partial charge in [-0.3, -0.25) is 9.69 Å². The highest BCUT2D eigenvalue weighted by Crippen LogP contribution is 2.20. The molecule has 0 spiro atoms. The molecule has 1 rings (SSSR count). The van der Waals surface area contributed by atoms with Gasteiger partial charge in [-0.25, -0.2) is 0 Å². The van der Waals surface area contributed by atoms with Crippen molar-refractivity contribution in [2.45, 2.75) is 58.4 Å². The average Bonchev–Trinajstić information content (AvgIpc) is 2.24. The van der Waals surface area contributed by atoms with E-state index in [0.29, 0.717) is 6.54 Å². The second-order valence-corrected chi connectivity index (χ2v) is 5.98. The van der Waals surface area contributed by atoms with Gasteiger partial charge in [0.2, 0.25) is 5.91 Å². The van der Waals surface area contributed by atoms with Crippen molar-refractivity contribution >= 4 is 18.3 Å². The summed E-state index contributed by atoms with van der Waals surface area (Å²) in [5.41, 5.74) is 5.46. The van der Waals surface area contributed by atoms with Gasteiger partial charge < -0.3 is 15.8 Å². The number of amides is 1. The van der Waals surface area contributed by atoms with Gasteiger partial charge in [-0.05, 0) is 34.6 Å². The summed E-state index contributed by atoms with van der Waals surface area (Å²) in [7, 11) is 0. The van der Waals surface area contributed by atoms with Gasteiger partial charge in [-0.2, -0.15) is 0 Å². The van der Waals surface area contributed by atoms with Crippen molar-refractivity contribution in [1.82, 2.24) is 10.2 Å². The number of morpholine rings is 1. The Kier molecular flexibility index (Phi) is 7.29. The topological polar surface area (TPSA) is 67.6 Å². The van der Waals surface area contributed by atoms with Crippen molar-refractivity contribution in [2.75, 3.05) is 19.6 Å². The molecular weight excluding hydrogens is 266 g/mol. The number of nitrogens with two attached hydrogens (primary N) is 1. The maximum Gasteiger partial charge on any atom is 0.236 e. The van der Waals surface area contributed by atoms with Crippen LogP contribution < -0.4 is 11.1 Å². The number of ether oxygens (including phenoxy) is 1. The number of carbonyl (C=O) groups excluding carboxylic acids is 1. The minimum absolute atomic E-state index is 0. The van der Waals surface area contributed by atoms with Crippen LogP contribution in [0, 0.1) is 0 Å². The minimum Gasteiger partial charge on any atom is -0.373 e. The van der Waals surface area contributed by atoms with Gasteiger partial charge in [0.25, 0.3) is 0 Å². The lowest BCUT2D eigenvalue weighted by atomic mass is 10.00. The normalized spacial score (nSPS) is 26.4. The zero-order valence-corrected chi connectivity index (χ0v) is 13.4. The Morgan fingerprint density at radius 1 is 1.42 bits per heavy atom. The summed E-state index contributed by atoms with van der Waals surface area (Å²) in [5.74, 6) is -0.0996. The van der Waals surface area contributed by atoms with Gasteiger partial charge in [0, 0.05) is 25.2 Å². The van der Waals surface area contributed by atoms with E-state index in [9.17, 15) is 4.79 Å². The molecule has 19 heavy (non-hydrogen) atoms. The van der Waals surface area contributed by atoms with Crippen molar-refractivity contribution in [3.05, 3.63) is 0 Å². The number of nitrogens with one attached hydrogen (secondary N) is 1. The Balaban J connectivity index is 0.00000324. The molecule has 114 valence electrons. The number of hydrogen-bond donors (Lipinski definition) is 2. The van der Waals surface area contributed by atoms with Gasteiger partial charge in [-0.15, -0.1) is 12.4 Å². The van der Waals surface area contributed by atoms with E-state index in [2.05, 4.69) is 37.9 Å². The van der Waals surface area contributed by atoms with Crippen molar-refractivity contribution in [3.8, 4) is 0 Å². The van der Waals surface area contributed by atoms with Crippen LogP contribution in [0.4, 0.5) is 0 Å². The molecule has 0 aliphatic carbocycles. The highest BCUT2D eigenvalue weighted by atomic mass is 35.5. The summed E-state index contributed by atoms with van der Waals surface area (Å²) in [6.45, 7) is 12.5. The van der Waals surface area contributed by atoms with Crippen LogP contribution >= 0.6 is 12.4 Å². The third kappa shape index (κ3) is 5.65. The first kappa shape index (κ1) is 18.6. The van der Waals surface area contributed by atoms with E-state index in [1.165, 1.54) is 0 Å². The highest BCUT2D eigenvalue weighted by Gasteiger charge is 2.33. The average molecular weight is 294 g/mol. The predicted octanol–water partition coefficient (Wildman–Crippen LogP) is 0.759. The summed E-state index contributed by atoms with van der Waals surface area (Å²) in [6, 6.07) is -0.455. The molecule has 1 aliphatic heterocycles. The fraction of sp³-hybridized carbons (Fsp3) is 0.923. The summed E-state index contributed by atoms with van der Waals surface area (Å²) >= 11 is 0. The fourth-order valence-electron chi connectivity index (χ4n) is 2.25. The molecule has 1 saturated heterocycles. The number of halogens is 1. The molecule has 1 fully saturated rings. The lowest BCUT2D eigenvalue weighted by Crippen LogP contribution is -2.59. The maximum absolute atomic E-state index is 11.5. The Morgan fingerprint density at radius 2 is 1.89 bits per heavy atom. The van der Waals surface area contributed by atoms with Crippen molar-refractivity contribution in [1.29, 1.82) is 0 Å². The van der Waals surface area contributed by atoms with Crippen LogP contribution in [0.2, 0.25) is 0 Å². The quantitative estimate of drug-likeness (QED) is 0.803. The van der Waals surface area contributed by atoms with Crippen LogP contribution in [-0.4, -0.2) is 54.2 Å². The Labute approximate surface area is 122 Å². The predicted molar refractivity (Wildman–Crippen MR) is 79.6 cm³/mol. The van der Waals surface area contributed by atoms with E-state index in [1.54, 1.807) is 6.92 Å². The van der Waals surface area contributed by atoms with E-state index < -0.39 is 6.04 Å². The molecule has 3 N–H and O–H groups in total. The number of nitrogens with zero attached hydrogens (tertiary/aromatic N) is 1. The van der Waals surface area contributed by atoms with Crippen LogP contribution in [0.1, 0.15) is 34.6 Å². The van der Waals surface area contributed by atoms with Crippen LogP contribution in [0.15, 0.2) is 0 Å². The van der Waals surface area contributed by atoms with E-state index in [0.717, 1.165) is 13.1 Å². The molecule has 0 saturated carbocycles. The maximum atomic E-state index is 11.5. The molecule has 1 aliphatic rings. The molecule has 1 amide bonds. The Morgan fingerprint density at radius 3 is 2.32 bits per heavy atom. The van der Waals surface area contributed by atoms with Gasteiger partial charge in [-0.1, -0.05) is 0 Å². The van der Waals surface area contributed by atoms with E-state index in [1.807, 2.05) is 0 Å². The molecule has 0 aromatic rings. The van der Waals surface area contributed by atoms with E-state index in [-0.39, 0.29) is 36.1 Å². The second-order valence-electron chi connectivity index (χ2n) is 5.98. The van der Waals surface area contributed by atoms with Crippen molar-refractivity contribution < 1.29 is 9.53 Å². The lowest BCUT2D eigenvalue weighted by molar-refractivity contribution is -0.123. The largest absolute Gasteiger partial charge is 0.373 e. The van der Waals surface area contributed by atoms with E-state index in [4.69, 9.17) is 10.5 Å². The van der Waals surface area contributed by atoms with Gasteiger partial charge in [0.15, 0.2) is 0 Å². The molecule has 5 nitrogen and oxygen atoms in total. The zero-order valence-electron chi connectivity index (χ0n) is 12.6. The zero-order chi connectivity index (χ0) is 13.9. The highest BCUT2D eigenvalue weighted by molar-refractivity contribution is 5.85. The molecule has 6 heteroatoms. The monoisotopic (exact) mass is 293 g/mol. The summed E-state index contributed by atoms with van der Waals surface area (Å²) in [4.78, 5) is 13.9. The minimum atomic E-state index is -0.455. The first-order chi connectivity index (χ1) is 8.22. The first-order valence-corrected chi connectivity index (χ1v) is 6.66. The van der Waals surface area contributed by atoms with Crippen LogP contribution in [0.5, 0.6) is 0 Å². The third-order valence-corrected chi connectivity index (χ3v) is 3.38. The first-order valence-electron chi connectivity index (χ1n) is 6.66. The van der Waals surface area contributed by atoms with Crippen LogP contribution in [0.3, 0.4) is 0 Å². The van der Waals surface area contributed by atoms with Gasteiger partial charge >= 0.3 is 0 Å². The fourth-order valence-corrected chi connectivity index (χ4v) is 2.25. The number of rotatable bonds is 4. The van der Waals surface area contributed by atoms with Gasteiger partial charge in [0.05, 0.1) is 18.2 Å². The SMILES string of the molecule is CC1CN(C(C)(C)CNC(=O)C(C)N)CC(C)O1.Cl. The Hall–Kier alpha value is -0.360. The Bertz CT molecular complexity index is 288. The summed E-state index contributed by atoms with van der Waals surface area (Å²) < 4.78 is 5.73. The molecular formula is C13H28ClN3O2. The number of hydrogen-bond acceptors (Lipinski definition) is 4. The third-order valence-electron chi connectivity index (χ3n) is 3.38. The smallest absolute Gasteiger partial charge is 0.236 e. The molecule has 0 bridgehead atoms. The molecule has 0 aromatic heterocycles. The standard InChI is InChI=1S/C13H27N3O2.ClH/c1-9-6-16(7-10(2)18-9)13(4,5)8-15-12(17)11(3)14;/h9-11H,6-8,14H2,1-5H3,(H,15,17);1H. The summed E-state index contributed by atoms with van der Waals surface area (Å²) in [6.07, 6.45) is 0.467. The molecule has 0 aromatic carbocycles. The summed E-state index contributed by atoms with van der Waals surface area (Å²) in [5, 5.41) is 2.90. The number of carbonyl (C=O) groups is 1.